The fourth-order valence-corrected chi connectivity index (χ4v) is 11.2. The Morgan fingerprint density at radius 1 is 0.820 bits per heavy atom. The molecule has 0 saturated heterocycles. The van der Waals surface area contributed by atoms with E-state index < -0.39 is 6.16 Å². The SMILES string of the molecule is CC(C)CCC[C@@H](C)[C@H]1CC[C@H]2[C@@H]3CC=C4C[C@@H](O)CC[C@]4(C)[C@H]3CC[C@]12C.CCCCCCCC/C=C\CCCCCCCCOC(=O)O. The summed E-state index contributed by atoms with van der Waals surface area (Å²) in [4.78, 5) is 10.1. The van der Waals surface area contributed by atoms with Crippen molar-refractivity contribution in [3.05, 3.63) is 23.8 Å². The number of fused-ring (bicyclic) bond motifs is 5. The summed E-state index contributed by atoms with van der Waals surface area (Å²) in [6, 6.07) is 0. The molecule has 4 aliphatic rings. The molecule has 0 unspecified atom stereocenters. The van der Waals surface area contributed by atoms with E-state index in [0.29, 0.717) is 17.4 Å². The summed E-state index contributed by atoms with van der Waals surface area (Å²) in [6.07, 6.45) is 38.3. The third-order valence-corrected chi connectivity index (χ3v) is 14.2. The van der Waals surface area contributed by atoms with Gasteiger partial charge in [-0.05, 0) is 130 Å². The zero-order chi connectivity index (χ0) is 36.4. The van der Waals surface area contributed by atoms with Crippen molar-refractivity contribution in [2.75, 3.05) is 6.61 Å². The van der Waals surface area contributed by atoms with Crippen LogP contribution in [-0.4, -0.2) is 29.1 Å². The van der Waals surface area contributed by atoms with Gasteiger partial charge in [0.1, 0.15) is 0 Å². The summed E-state index contributed by atoms with van der Waals surface area (Å²) in [5.74, 6) is 5.46. The highest BCUT2D eigenvalue weighted by molar-refractivity contribution is 5.56. The molecule has 0 amide bonds. The van der Waals surface area contributed by atoms with Crippen molar-refractivity contribution in [2.24, 2.45) is 46.3 Å². The van der Waals surface area contributed by atoms with Gasteiger partial charge in [0.15, 0.2) is 0 Å². The third-order valence-electron chi connectivity index (χ3n) is 14.2. The number of carboxylic acid groups (broad SMARTS) is 1. The van der Waals surface area contributed by atoms with Crippen LogP contribution in [0.3, 0.4) is 0 Å². The monoisotopic (exact) mass is 699 g/mol. The number of allylic oxidation sites excluding steroid dienone is 3. The van der Waals surface area contributed by atoms with E-state index in [2.05, 4.69) is 64.5 Å². The van der Waals surface area contributed by atoms with Crippen molar-refractivity contribution < 1.29 is 19.7 Å². The molecule has 3 saturated carbocycles. The van der Waals surface area contributed by atoms with E-state index in [4.69, 9.17) is 5.11 Å². The summed E-state index contributed by atoms with van der Waals surface area (Å²) < 4.78 is 4.47. The number of rotatable bonds is 21. The summed E-state index contributed by atoms with van der Waals surface area (Å²) in [6.45, 7) is 15.2. The molecule has 0 bridgehead atoms. The topological polar surface area (TPSA) is 66.8 Å². The lowest BCUT2D eigenvalue weighted by Gasteiger charge is -2.58. The molecule has 4 aliphatic carbocycles. The van der Waals surface area contributed by atoms with Gasteiger partial charge in [0.05, 0.1) is 12.7 Å². The predicted molar refractivity (Wildman–Crippen MR) is 212 cm³/mol. The maximum absolute atomic E-state index is 10.2. The van der Waals surface area contributed by atoms with Crippen LogP contribution in [-0.2, 0) is 4.74 Å². The van der Waals surface area contributed by atoms with Gasteiger partial charge in [0.2, 0.25) is 0 Å². The number of unbranched alkanes of at least 4 members (excludes halogenated alkanes) is 12. The summed E-state index contributed by atoms with van der Waals surface area (Å²) >= 11 is 0. The molecule has 290 valence electrons. The van der Waals surface area contributed by atoms with E-state index in [1.807, 2.05) is 0 Å². The molecule has 0 radical (unpaired) electrons. The van der Waals surface area contributed by atoms with Crippen LogP contribution in [0, 0.1) is 46.3 Å². The maximum Gasteiger partial charge on any atom is 0.505 e. The first-order valence-electron chi connectivity index (χ1n) is 21.9. The largest absolute Gasteiger partial charge is 0.505 e. The molecular weight excluding hydrogens is 617 g/mol. The molecule has 50 heavy (non-hydrogen) atoms. The van der Waals surface area contributed by atoms with Gasteiger partial charge in [-0.25, -0.2) is 4.79 Å². The van der Waals surface area contributed by atoms with E-state index in [1.54, 1.807) is 5.57 Å². The van der Waals surface area contributed by atoms with Gasteiger partial charge >= 0.3 is 6.16 Å². The molecule has 0 aliphatic heterocycles. The molecule has 4 rings (SSSR count). The Morgan fingerprint density at radius 2 is 1.46 bits per heavy atom. The van der Waals surface area contributed by atoms with E-state index in [0.717, 1.165) is 61.2 Å². The summed E-state index contributed by atoms with van der Waals surface area (Å²) in [7, 11) is 0. The Labute approximate surface area is 310 Å². The number of carbonyl (C=O) groups is 1. The van der Waals surface area contributed by atoms with Crippen LogP contribution in [0.1, 0.15) is 202 Å². The molecule has 4 nitrogen and oxygen atoms in total. The normalized spacial score (nSPS) is 31.0. The van der Waals surface area contributed by atoms with E-state index in [-0.39, 0.29) is 6.10 Å². The van der Waals surface area contributed by atoms with Crippen LogP contribution in [0.4, 0.5) is 4.79 Å². The van der Waals surface area contributed by atoms with Gasteiger partial charge in [-0.15, -0.1) is 0 Å². The fourth-order valence-electron chi connectivity index (χ4n) is 11.2. The van der Waals surface area contributed by atoms with Crippen molar-refractivity contribution in [1.29, 1.82) is 0 Å². The van der Waals surface area contributed by atoms with E-state index >= 15 is 0 Å². The minimum absolute atomic E-state index is 0.0766. The van der Waals surface area contributed by atoms with Crippen LogP contribution in [0.25, 0.3) is 0 Å². The van der Waals surface area contributed by atoms with Gasteiger partial charge in [-0.2, -0.15) is 0 Å². The van der Waals surface area contributed by atoms with Crippen molar-refractivity contribution in [1.82, 2.24) is 0 Å². The highest BCUT2D eigenvalue weighted by Crippen LogP contribution is 2.67. The Morgan fingerprint density at radius 3 is 2.10 bits per heavy atom. The first-order chi connectivity index (χ1) is 24.0. The van der Waals surface area contributed by atoms with Crippen LogP contribution in [0.5, 0.6) is 0 Å². The lowest BCUT2D eigenvalue weighted by atomic mass is 9.47. The van der Waals surface area contributed by atoms with Crippen LogP contribution in [0.15, 0.2) is 23.8 Å². The molecule has 2 N–H and O–H groups in total. The smallest absolute Gasteiger partial charge is 0.450 e. The zero-order valence-electron chi connectivity index (χ0n) is 33.9. The van der Waals surface area contributed by atoms with Crippen molar-refractivity contribution in [3.8, 4) is 0 Å². The quantitative estimate of drug-likeness (QED) is 0.0711. The second-order valence-corrected chi connectivity index (χ2v) is 18.2. The molecule has 3 fully saturated rings. The van der Waals surface area contributed by atoms with Crippen LogP contribution < -0.4 is 0 Å². The number of ether oxygens (including phenoxy) is 1. The molecule has 0 heterocycles. The first-order valence-corrected chi connectivity index (χ1v) is 21.9. The Balaban J connectivity index is 0.000000281. The Kier molecular flexibility index (Phi) is 19.6. The zero-order valence-corrected chi connectivity index (χ0v) is 33.9. The van der Waals surface area contributed by atoms with Gasteiger partial charge in [0, 0.05) is 0 Å². The highest BCUT2D eigenvalue weighted by atomic mass is 16.7. The molecule has 0 spiro atoms. The number of hydrogen-bond acceptors (Lipinski definition) is 3. The van der Waals surface area contributed by atoms with Crippen molar-refractivity contribution in [2.45, 2.75) is 208 Å². The summed E-state index contributed by atoms with van der Waals surface area (Å²) in [5.41, 5.74) is 2.60. The molecular formula is C46H82O4. The molecule has 4 heteroatoms. The molecule has 0 aromatic carbocycles. The van der Waals surface area contributed by atoms with Gasteiger partial charge in [-0.3, -0.25) is 0 Å². The average molecular weight is 699 g/mol. The predicted octanol–water partition coefficient (Wildman–Crippen LogP) is 14.1. The van der Waals surface area contributed by atoms with Crippen molar-refractivity contribution >= 4 is 6.16 Å². The van der Waals surface area contributed by atoms with Crippen molar-refractivity contribution in [3.63, 3.8) is 0 Å². The second-order valence-electron chi connectivity index (χ2n) is 18.2. The lowest BCUT2D eigenvalue weighted by molar-refractivity contribution is -0.0573. The number of aliphatic hydroxyl groups is 1. The van der Waals surface area contributed by atoms with Gasteiger partial charge < -0.3 is 14.9 Å². The van der Waals surface area contributed by atoms with Crippen LogP contribution in [0.2, 0.25) is 0 Å². The van der Waals surface area contributed by atoms with Crippen LogP contribution >= 0.6 is 0 Å². The number of aliphatic hydroxyl groups excluding tert-OH is 1. The minimum Gasteiger partial charge on any atom is -0.450 e. The first kappa shape index (κ1) is 43.1. The minimum atomic E-state index is -1.16. The third kappa shape index (κ3) is 13.3. The number of hydrogen-bond donors (Lipinski definition) is 2. The second kappa shape index (κ2) is 22.7. The van der Waals surface area contributed by atoms with Gasteiger partial charge in [-0.1, -0.05) is 142 Å². The van der Waals surface area contributed by atoms with Gasteiger partial charge in [0.25, 0.3) is 0 Å². The average Bonchev–Trinajstić information content (AvgIpc) is 3.44. The molecule has 0 aromatic rings. The lowest BCUT2D eigenvalue weighted by Crippen LogP contribution is -2.50. The highest BCUT2D eigenvalue weighted by Gasteiger charge is 2.59. The fraction of sp³-hybridized carbons (Fsp3) is 0.891. The summed E-state index contributed by atoms with van der Waals surface area (Å²) in [5, 5.41) is 18.5. The maximum atomic E-state index is 10.2. The van der Waals surface area contributed by atoms with E-state index in [9.17, 15) is 9.90 Å². The Bertz CT molecular complexity index is 1000. The Hall–Kier alpha value is -1.29. The molecule has 8 atom stereocenters. The molecule has 0 aromatic heterocycles. The van der Waals surface area contributed by atoms with E-state index in [1.165, 1.54) is 135 Å². The standard InChI is InChI=1S/C27H46O.C19H36O3/c1-18(2)7-6-8-19(3)23-11-12-24-22-10-9-20-17-21(28)13-15-26(20,4)25(22)14-16-27(23,24)5;1-2-3-4-5-6-7-8-9-10-11-12-13-14-15-16-17-18-22-19(20)21/h9,18-19,21-25,28H,6-8,10-17H2,1-5H3;9-10H,2-8,11-18H2,1H3,(H,20,21)/b;10-9-/t19-,21+,22+,23-,24+,25+,26+,27-;/m1./s1.